The Labute approximate surface area is 155 Å². The maximum Gasteiger partial charge on any atom is 0.164 e. The number of rotatable bonds is 3. The van der Waals surface area contributed by atoms with Crippen molar-refractivity contribution in [3.05, 3.63) is 53.4 Å². The average Bonchev–Trinajstić information content (AvgIpc) is 3.18. The number of hydrogen-bond donors (Lipinski definition) is 3. The van der Waals surface area contributed by atoms with E-state index in [4.69, 9.17) is 22.1 Å². The molecule has 1 saturated heterocycles. The van der Waals surface area contributed by atoms with Gasteiger partial charge in [0.15, 0.2) is 6.23 Å². The van der Waals surface area contributed by atoms with Crippen LogP contribution in [0.4, 0.5) is 5.82 Å². The minimum atomic E-state index is -1.10. The van der Waals surface area contributed by atoms with E-state index in [9.17, 15) is 10.2 Å². The molecule has 26 heavy (non-hydrogen) atoms. The van der Waals surface area contributed by atoms with Gasteiger partial charge in [-0.25, -0.2) is 9.97 Å². The average molecular weight is 375 g/mol. The van der Waals surface area contributed by atoms with Crippen LogP contribution in [0.2, 0.25) is 5.02 Å². The fourth-order valence-corrected chi connectivity index (χ4v) is 3.61. The summed E-state index contributed by atoms with van der Waals surface area (Å²) in [7, 11) is 0. The number of benzene rings is 1. The fourth-order valence-electron chi connectivity index (χ4n) is 3.48. The lowest BCUT2D eigenvalue weighted by Crippen LogP contribution is -2.34. The second kappa shape index (κ2) is 6.51. The Morgan fingerprint density at radius 1 is 1.15 bits per heavy atom. The molecule has 0 radical (unpaired) electrons. The number of aliphatic hydroxyl groups excluding tert-OH is 2. The third kappa shape index (κ3) is 2.73. The van der Waals surface area contributed by atoms with Gasteiger partial charge in [-0.15, -0.1) is 0 Å². The van der Waals surface area contributed by atoms with Gasteiger partial charge in [0.05, 0.1) is 11.5 Å². The molecule has 0 saturated carbocycles. The van der Waals surface area contributed by atoms with Gasteiger partial charge in [0, 0.05) is 17.1 Å². The van der Waals surface area contributed by atoms with Crippen LogP contribution in [0.15, 0.2) is 42.9 Å². The van der Waals surface area contributed by atoms with Crippen molar-refractivity contribution in [2.75, 3.05) is 5.73 Å². The minimum Gasteiger partial charge on any atom is -0.387 e. The zero-order valence-electron chi connectivity index (χ0n) is 14.0. The van der Waals surface area contributed by atoms with Gasteiger partial charge in [-0.3, -0.25) is 0 Å². The highest BCUT2D eigenvalue weighted by Gasteiger charge is 2.46. The van der Waals surface area contributed by atoms with Crippen molar-refractivity contribution >= 4 is 28.5 Å². The lowest BCUT2D eigenvalue weighted by molar-refractivity contribution is -0.0409. The summed E-state index contributed by atoms with van der Waals surface area (Å²) in [6, 6.07) is 9.14. The van der Waals surface area contributed by atoms with Crippen LogP contribution in [0.25, 0.3) is 11.0 Å². The van der Waals surface area contributed by atoms with Crippen LogP contribution < -0.4 is 5.73 Å². The molecule has 5 atom stereocenters. The van der Waals surface area contributed by atoms with Crippen molar-refractivity contribution in [3.63, 3.8) is 0 Å². The Morgan fingerprint density at radius 2 is 1.88 bits per heavy atom. The van der Waals surface area contributed by atoms with Crippen molar-refractivity contribution in [2.45, 2.75) is 37.4 Å². The molecular formula is C18H19ClN4O3. The molecule has 3 heterocycles. The van der Waals surface area contributed by atoms with E-state index in [0.29, 0.717) is 21.9 Å². The van der Waals surface area contributed by atoms with E-state index in [1.54, 1.807) is 29.0 Å². The summed E-state index contributed by atoms with van der Waals surface area (Å²) in [5.41, 5.74) is 7.38. The first-order chi connectivity index (χ1) is 12.5. The van der Waals surface area contributed by atoms with Crippen LogP contribution in [-0.2, 0) is 4.74 Å². The molecule has 4 N–H and O–H groups in total. The van der Waals surface area contributed by atoms with E-state index in [2.05, 4.69) is 9.97 Å². The molecule has 1 fully saturated rings. The third-order valence-corrected chi connectivity index (χ3v) is 5.23. The van der Waals surface area contributed by atoms with Crippen molar-refractivity contribution in [1.82, 2.24) is 14.5 Å². The Morgan fingerprint density at radius 3 is 2.62 bits per heavy atom. The molecule has 4 rings (SSSR count). The van der Waals surface area contributed by atoms with Crippen molar-refractivity contribution in [3.8, 4) is 0 Å². The predicted molar refractivity (Wildman–Crippen MR) is 97.7 cm³/mol. The molecule has 2 aromatic heterocycles. The summed E-state index contributed by atoms with van der Waals surface area (Å²) in [6.07, 6.45) is -0.390. The molecule has 1 aromatic carbocycles. The predicted octanol–water partition coefficient (Wildman–Crippen LogP) is 2.09. The zero-order valence-corrected chi connectivity index (χ0v) is 14.8. The number of hydrogen-bond acceptors (Lipinski definition) is 6. The monoisotopic (exact) mass is 374 g/mol. The Kier molecular flexibility index (Phi) is 4.32. The number of nitrogens with two attached hydrogens (primary N) is 1. The summed E-state index contributed by atoms with van der Waals surface area (Å²) >= 11 is 5.94. The number of aliphatic hydroxyl groups is 2. The molecule has 3 aromatic rings. The van der Waals surface area contributed by atoms with Gasteiger partial charge in [0.25, 0.3) is 0 Å². The Hall–Kier alpha value is -2.19. The van der Waals surface area contributed by atoms with Crippen molar-refractivity contribution in [1.29, 1.82) is 0 Å². The lowest BCUT2D eigenvalue weighted by atomic mass is 9.91. The first-order valence-corrected chi connectivity index (χ1v) is 8.69. The van der Waals surface area contributed by atoms with E-state index >= 15 is 0 Å². The highest BCUT2D eigenvalue weighted by Crippen LogP contribution is 2.38. The second-order valence-corrected chi connectivity index (χ2v) is 6.97. The first kappa shape index (κ1) is 17.2. The molecule has 8 heteroatoms. The van der Waals surface area contributed by atoms with E-state index < -0.39 is 24.5 Å². The summed E-state index contributed by atoms with van der Waals surface area (Å²) in [4.78, 5) is 8.19. The standard InChI is InChI=1S/C18H19ClN4O3/c1-9(10-2-4-11(19)5-3-10)15-13(24)14(25)18(26-15)23-7-6-12-16(20)21-8-22-17(12)23/h2-9,13-15,18,24-25H,1H3,(H2,20,21,22)/t9?,13-,14+,15-,18+/m0/s1. The maximum absolute atomic E-state index is 10.6. The van der Waals surface area contributed by atoms with Crippen LogP contribution >= 0.6 is 11.6 Å². The molecule has 7 nitrogen and oxygen atoms in total. The molecule has 1 aliphatic rings. The SMILES string of the molecule is CC(c1ccc(Cl)cc1)[C@@H]1O[C@@H](n2ccc3c(N)ncnc32)[C@H](O)[C@@H]1O. The molecule has 0 amide bonds. The van der Waals surface area contributed by atoms with Gasteiger partial charge in [0.1, 0.15) is 30.0 Å². The van der Waals surface area contributed by atoms with Crippen LogP contribution in [-0.4, -0.2) is 43.1 Å². The fraction of sp³-hybridized carbons (Fsp3) is 0.333. The first-order valence-electron chi connectivity index (χ1n) is 8.31. The summed E-state index contributed by atoms with van der Waals surface area (Å²) in [6.45, 7) is 1.94. The lowest BCUT2D eigenvalue weighted by Gasteiger charge is -2.22. The largest absolute Gasteiger partial charge is 0.387 e. The topological polar surface area (TPSA) is 106 Å². The molecule has 0 aliphatic carbocycles. The highest BCUT2D eigenvalue weighted by molar-refractivity contribution is 6.30. The van der Waals surface area contributed by atoms with Gasteiger partial charge >= 0.3 is 0 Å². The number of anilines is 1. The number of nitrogen functional groups attached to an aromatic ring is 1. The highest BCUT2D eigenvalue weighted by atomic mass is 35.5. The van der Waals surface area contributed by atoms with E-state index in [1.165, 1.54) is 6.33 Å². The van der Waals surface area contributed by atoms with Gasteiger partial charge in [0.2, 0.25) is 0 Å². The molecule has 1 aliphatic heterocycles. The molecule has 0 bridgehead atoms. The molecule has 136 valence electrons. The van der Waals surface area contributed by atoms with E-state index in [1.807, 2.05) is 19.1 Å². The number of ether oxygens (including phenoxy) is 1. The van der Waals surface area contributed by atoms with Crippen LogP contribution in [0.3, 0.4) is 0 Å². The number of aromatic nitrogens is 3. The summed E-state index contributed by atoms with van der Waals surface area (Å²) in [5.74, 6) is 0.219. The van der Waals surface area contributed by atoms with Gasteiger partial charge in [-0.2, -0.15) is 0 Å². The molecule has 0 spiro atoms. The van der Waals surface area contributed by atoms with Gasteiger partial charge < -0.3 is 25.3 Å². The van der Waals surface area contributed by atoms with E-state index in [-0.39, 0.29) is 5.92 Å². The number of halogens is 1. The quantitative estimate of drug-likeness (QED) is 0.648. The van der Waals surface area contributed by atoms with Crippen LogP contribution in [0.5, 0.6) is 0 Å². The molecule has 1 unspecified atom stereocenters. The number of fused-ring (bicyclic) bond motifs is 1. The van der Waals surface area contributed by atoms with Crippen molar-refractivity contribution < 1.29 is 14.9 Å². The zero-order chi connectivity index (χ0) is 18.4. The normalized spacial score (nSPS) is 27.1. The summed E-state index contributed by atoms with van der Waals surface area (Å²) in [5, 5.41) is 22.5. The van der Waals surface area contributed by atoms with Gasteiger partial charge in [-0.05, 0) is 23.8 Å². The van der Waals surface area contributed by atoms with Crippen LogP contribution in [0.1, 0.15) is 24.6 Å². The van der Waals surface area contributed by atoms with E-state index in [0.717, 1.165) is 5.56 Å². The second-order valence-electron chi connectivity index (χ2n) is 6.53. The summed E-state index contributed by atoms with van der Waals surface area (Å²) < 4.78 is 7.73. The van der Waals surface area contributed by atoms with Crippen molar-refractivity contribution in [2.24, 2.45) is 0 Å². The Bertz CT molecular complexity index is 930. The maximum atomic E-state index is 10.6. The molecular weight excluding hydrogens is 356 g/mol. The smallest absolute Gasteiger partial charge is 0.164 e. The van der Waals surface area contributed by atoms with Gasteiger partial charge in [-0.1, -0.05) is 30.7 Å². The number of nitrogens with zero attached hydrogens (tertiary/aromatic N) is 3. The van der Waals surface area contributed by atoms with Crippen LogP contribution in [0, 0.1) is 0 Å². The minimum absolute atomic E-state index is 0.136. The Balaban J connectivity index is 1.65. The third-order valence-electron chi connectivity index (χ3n) is 4.98.